The monoisotopic (exact) mass is 1200 g/mol. The quantitative estimate of drug-likeness (QED) is 0.0386. The number of ether oxygens (including phenoxy) is 9. The fourth-order valence-electron chi connectivity index (χ4n) is 16.9. The Kier molecular flexibility index (Phi) is 19.1. The van der Waals surface area contributed by atoms with Gasteiger partial charge in [-0.05, 0) is 90.6 Å². The molecule has 0 radical (unpaired) electrons. The van der Waals surface area contributed by atoms with Crippen LogP contribution in [0, 0.1) is 56.2 Å². The van der Waals surface area contributed by atoms with Crippen molar-refractivity contribution in [2.75, 3.05) is 26.9 Å². The Labute approximate surface area is 496 Å². The van der Waals surface area contributed by atoms with Crippen molar-refractivity contribution >= 4 is 24.0 Å². The zero-order chi connectivity index (χ0) is 62.3. The predicted molar refractivity (Wildman–Crippen MR) is 297 cm³/mol. The van der Waals surface area contributed by atoms with E-state index in [1.165, 1.54) is 6.08 Å². The molecule has 3 heterocycles. The first-order chi connectivity index (χ1) is 39.9. The van der Waals surface area contributed by atoms with Gasteiger partial charge in [-0.25, -0.2) is 9.59 Å². The summed E-state index contributed by atoms with van der Waals surface area (Å²) in [6.07, 6.45) is -23.0. The molecule has 478 valence electrons. The smallest absolute Gasteiger partial charge is 0.337 e. The van der Waals surface area contributed by atoms with Crippen LogP contribution in [0.2, 0.25) is 0 Å². The Bertz CT molecular complexity index is 2600. The van der Waals surface area contributed by atoms with Gasteiger partial charge in [-0.2, -0.15) is 0 Å². The topological polar surface area (TPSA) is 357 Å². The molecule has 8 aliphatic rings. The Balaban J connectivity index is 1.03. The van der Waals surface area contributed by atoms with E-state index in [0.29, 0.717) is 38.5 Å². The van der Waals surface area contributed by atoms with Gasteiger partial charge in [-0.3, -0.25) is 4.79 Å². The lowest BCUT2D eigenvalue weighted by atomic mass is 9.32. The highest BCUT2D eigenvalue weighted by atomic mass is 16.8. The average molecular weight is 1210 g/mol. The number of hydrogen-bond donors (Lipinski definition) is 11. The number of hydrogen-bond acceptors (Lipinski definition) is 23. The normalized spacial score (nSPS) is 47.0. The van der Waals surface area contributed by atoms with Crippen molar-refractivity contribution in [2.45, 2.75) is 224 Å². The summed E-state index contributed by atoms with van der Waals surface area (Å²) in [6.45, 7) is 15.9. The van der Waals surface area contributed by atoms with Crippen LogP contribution in [0.25, 0.3) is 6.08 Å². The molecule has 0 spiro atoms. The number of benzene rings is 1. The van der Waals surface area contributed by atoms with Crippen molar-refractivity contribution in [3.8, 4) is 0 Å². The third kappa shape index (κ3) is 11.0. The maximum Gasteiger partial charge on any atom is 0.337 e. The molecule has 3 saturated heterocycles. The summed E-state index contributed by atoms with van der Waals surface area (Å²) in [5.74, 6) is -3.86. The summed E-state index contributed by atoms with van der Waals surface area (Å²) < 4.78 is 54.5. The molecule has 7 fully saturated rings. The molecular formula is C62H92O23. The SMILES string of the molecule is CCC(C)C(=O)O[C@H]1[C@H](OC(=O)/C=C/c2ccccc2)C(C)(C)C[C@H]2C3=CC[C@@H]4[C@@]5(C)CC[C@H](O[C@@H]6O[C@H](C(=O)OC)[C@@H](O[C@@H]7OC[C@H](O)[C@H](O)[C@H]7O)[C@H](O)[C@H]6O[C@@H]6O[C@H](CO)[C@@H](O)[C@H](O)[C@H]6O)C(C)(C)[C@@H]5CC[C@@]4(C)[C@]3(C)[C@@H](O)[C@@H](O)[C@]21CO. The minimum atomic E-state index is -1.99. The summed E-state index contributed by atoms with van der Waals surface area (Å²) in [6, 6.07) is 9.19. The Morgan fingerprint density at radius 3 is 2.05 bits per heavy atom. The standard InChI is InChI=1S/C62H92O23/c1-11-29(2)52(75)85-51-50(81-38(66)20-17-30-15-13-12-14-16-30)57(3,4)25-32-31-18-19-36-59(7)23-22-37(58(5,6)35(59)21-24-60(36,8)61(31,9)48(73)49(74)62(32,51)28-64)80-56-46(83-55-43(71)41(69)40(68)34(26-63)79-55)44(72)45(47(84-56)53(76)77-10)82-54-42(70)39(67)33(65)27-78-54/h12-18,20,29,32-37,39-51,54-56,63-65,67-74H,11,19,21-28H2,1-10H3/b20-17+/t29?,32-,33-,34+,35-,36+,37-,39-,40+,41-,42+,43+,44-,45-,46+,47-,48-,49+,50-,51-,54-,55-,56+,59-,60+,61-,62-/m0/s1. The number of carbonyl (C=O) groups is 3. The molecule has 0 aromatic heterocycles. The number of rotatable bonds is 15. The van der Waals surface area contributed by atoms with Gasteiger partial charge in [-0.1, -0.05) is 104 Å². The van der Waals surface area contributed by atoms with Gasteiger partial charge in [0, 0.05) is 16.9 Å². The van der Waals surface area contributed by atoms with Crippen molar-refractivity contribution in [1.82, 2.24) is 0 Å². The number of allylic oxidation sites excluding steroid dienone is 1. The lowest BCUT2D eigenvalue weighted by Crippen LogP contribution is -2.76. The van der Waals surface area contributed by atoms with Gasteiger partial charge in [0.15, 0.2) is 31.1 Å². The molecule has 5 aliphatic carbocycles. The van der Waals surface area contributed by atoms with Crippen LogP contribution in [0.4, 0.5) is 0 Å². The van der Waals surface area contributed by atoms with Gasteiger partial charge in [-0.15, -0.1) is 0 Å². The zero-order valence-corrected chi connectivity index (χ0v) is 50.3. The van der Waals surface area contributed by atoms with Gasteiger partial charge < -0.3 is 98.8 Å². The largest absolute Gasteiger partial charge is 0.467 e. The number of carbonyl (C=O) groups excluding carboxylic acids is 3. The van der Waals surface area contributed by atoms with E-state index in [1.54, 1.807) is 13.0 Å². The van der Waals surface area contributed by atoms with E-state index in [9.17, 15) is 70.6 Å². The van der Waals surface area contributed by atoms with Crippen molar-refractivity contribution in [3.63, 3.8) is 0 Å². The number of aliphatic hydroxyl groups is 11. The highest BCUT2D eigenvalue weighted by Crippen LogP contribution is 2.76. The van der Waals surface area contributed by atoms with Crippen LogP contribution in [0.5, 0.6) is 0 Å². The highest BCUT2D eigenvalue weighted by Gasteiger charge is 2.76. The molecule has 4 saturated carbocycles. The average Bonchev–Trinajstić information content (AvgIpc) is 0.748. The second-order valence-electron chi connectivity index (χ2n) is 27.4. The molecule has 1 unspecified atom stereocenters. The van der Waals surface area contributed by atoms with E-state index in [0.717, 1.165) is 18.2 Å². The number of esters is 3. The van der Waals surface area contributed by atoms with Gasteiger partial charge in [0.2, 0.25) is 0 Å². The van der Waals surface area contributed by atoms with E-state index < -0.39 is 199 Å². The Hall–Kier alpha value is -3.57. The second-order valence-corrected chi connectivity index (χ2v) is 27.4. The first-order valence-corrected chi connectivity index (χ1v) is 30.1. The summed E-state index contributed by atoms with van der Waals surface area (Å²) in [5.41, 5.74) is -4.11. The first kappa shape index (κ1) is 65.9. The van der Waals surface area contributed by atoms with Gasteiger partial charge in [0.25, 0.3) is 0 Å². The van der Waals surface area contributed by atoms with Crippen LogP contribution in [-0.2, 0) is 57.0 Å². The molecular weight excluding hydrogens is 1110 g/mol. The lowest BCUT2D eigenvalue weighted by molar-refractivity contribution is -0.388. The van der Waals surface area contributed by atoms with Crippen LogP contribution in [-0.4, -0.2) is 218 Å². The molecule has 23 heteroatoms. The molecule has 0 amide bonds. The molecule has 85 heavy (non-hydrogen) atoms. The van der Waals surface area contributed by atoms with E-state index >= 15 is 0 Å². The number of fused-ring (bicyclic) bond motifs is 7. The molecule has 3 aliphatic heterocycles. The third-order valence-corrected chi connectivity index (χ3v) is 22.2. The number of aliphatic hydroxyl groups excluding tert-OH is 11. The van der Waals surface area contributed by atoms with Crippen molar-refractivity contribution < 1.29 is 113 Å². The fourth-order valence-corrected chi connectivity index (χ4v) is 16.9. The van der Waals surface area contributed by atoms with Gasteiger partial charge in [0.05, 0.1) is 56.6 Å². The summed E-state index contributed by atoms with van der Waals surface area (Å²) >= 11 is 0. The second kappa shape index (κ2) is 24.7. The van der Waals surface area contributed by atoms with Crippen LogP contribution in [0.1, 0.15) is 113 Å². The van der Waals surface area contributed by atoms with Crippen molar-refractivity contribution in [3.05, 3.63) is 53.6 Å². The van der Waals surface area contributed by atoms with Crippen LogP contribution in [0.15, 0.2) is 48.1 Å². The van der Waals surface area contributed by atoms with Crippen LogP contribution in [0.3, 0.4) is 0 Å². The van der Waals surface area contributed by atoms with E-state index in [4.69, 9.17) is 42.6 Å². The van der Waals surface area contributed by atoms with Crippen molar-refractivity contribution in [2.24, 2.45) is 56.2 Å². The molecule has 27 atom stereocenters. The molecule has 11 N–H and O–H groups in total. The molecule has 9 rings (SSSR count). The van der Waals surface area contributed by atoms with Crippen LogP contribution < -0.4 is 0 Å². The minimum absolute atomic E-state index is 0.126. The minimum Gasteiger partial charge on any atom is -0.467 e. The zero-order valence-electron chi connectivity index (χ0n) is 50.3. The Morgan fingerprint density at radius 1 is 0.729 bits per heavy atom. The van der Waals surface area contributed by atoms with Gasteiger partial charge in [0.1, 0.15) is 67.1 Å². The highest BCUT2D eigenvalue weighted by molar-refractivity contribution is 5.87. The lowest BCUT2D eigenvalue weighted by Gasteiger charge is -2.73. The first-order valence-electron chi connectivity index (χ1n) is 30.1. The van der Waals surface area contributed by atoms with E-state index in [1.807, 2.05) is 71.9 Å². The maximum atomic E-state index is 14.0. The fraction of sp³-hybridized carbons (Fsp3) is 0.790. The van der Waals surface area contributed by atoms with Crippen molar-refractivity contribution in [1.29, 1.82) is 0 Å². The summed E-state index contributed by atoms with van der Waals surface area (Å²) in [4.78, 5) is 41.6. The maximum absolute atomic E-state index is 14.0. The molecule has 23 nitrogen and oxygen atoms in total. The molecule has 0 bridgehead atoms. The van der Waals surface area contributed by atoms with E-state index in [-0.39, 0.29) is 18.3 Å². The van der Waals surface area contributed by atoms with Crippen LogP contribution >= 0.6 is 0 Å². The van der Waals surface area contributed by atoms with Gasteiger partial charge >= 0.3 is 17.9 Å². The molecule has 1 aromatic carbocycles. The number of methoxy groups -OCH3 is 1. The third-order valence-electron chi connectivity index (χ3n) is 22.2. The predicted octanol–water partition coefficient (Wildman–Crippen LogP) is 1.18. The Morgan fingerprint density at radius 2 is 1.40 bits per heavy atom. The summed E-state index contributed by atoms with van der Waals surface area (Å²) in [7, 11) is 1.06. The molecule has 1 aromatic rings. The van der Waals surface area contributed by atoms with E-state index in [2.05, 4.69) is 19.9 Å². The summed E-state index contributed by atoms with van der Waals surface area (Å²) in [5, 5.41) is 125.